The molecule has 2 heterocycles. The standard InChI is InChI=1S/C21H29N3O3S2/c1-14(2)12-19-22-17(5)20(28-19)21(25)23-8-10-24(11-9-23)29(26,27)18-7-6-15(3)16(4)13-18/h6-7,13-14H,8-12H2,1-5H3. The van der Waals surface area contributed by atoms with Crippen LogP contribution in [0.4, 0.5) is 0 Å². The van der Waals surface area contributed by atoms with Gasteiger partial charge in [0.15, 0.2) is 0 Å². The van der Waals surface area contributed by atoms with E-state index in [-0.39, 0.29) is 5.91 Å². The molecule has 1 aliphatic rings. The summed E-state index contributed by atoms with van der Waals surface area (Å²) in [5, 5.41) is 0.983. The molecule has 0 bridgehead atoms. The largest absolute Gasteiger partial charge is 0.335 e. The van der Waals surface area contributed by atoms with Gasteiger partial charge in [0.1, 0.15) is 4.88 Å². The van der Waals surface area contributed by atoms with Gasteiger partial charge in [-0.3, -0.25) is 4.79 Å². The average molecular weight is 436 g/mol. The first-order chi connectivity index (χ1) is 13.6. The molecular formula is C21H29N3O3S2. The molecule has 1 aliphatic heterocycles. The second kappa shape index (κ2) is 8.53. The first kappa shape index (κ1) is 21.9. The van der Waals surface area contributed by atoms with Crippen molar-refractivity contribution in [3.05, 3.63) is 44.9 Å². The second-order valence-electron chi connectivity index (χ2n) is 8.06. The summed E-state index contributed by atoms with van der Waals surface area (Å²) < 4.78 is 27.4. The van der Waals surface area contributed by atoms with E-state index in [0.29, 0.717) is 41.9 Å². The molecule has 6 nitrogen and oxygen atoms in total. The molecule has 1 fully saturated rings. The maximum absolute atomic E-state index is 13.0. The summed E-state index contributed by atoms with van der Waals surface area (Å²) in [7, 11) is -3.55. The topological polar surface area (TPSA) is 70.6 Å². The van der Waals surface area contributed by atoms with Crippen LogP contribution in [0.3, 0.4) is 0 Å². The maximum atomic E-state index is 13.0. The van der Waals surface area contributed by atoms with E-state index < -0.39 is 10.0 Å². The molecule has 1 aromatic carbocycles. The third kappa shape index (κ3) is 4.70. The molecule has 0 atom stereocenters. The highest BCUT2D eigenvalue weighted by Crippen LogP contribution is 2.24. The molecule has 0 unspecified atom stereocenters. The van der Waals surface area contributed by atoms with Crippen LogP contribution < -0.4 is 0 Å². The van der Waals surface area contributed by atoms with E-state index in [1.54, 1.807) is 17.0 Å². The molecule has 0 aliphatic carbocycles. The first-order valence-electron chi connectivity index (χ1n) is 9.92. The molecule has 2 aromatic rings. The molecule has 0 radical (unpaired) electrons. The van der Waals surface area contributed by atoms with Crippen LogP contribution in [0.5, 0.6) is 0 Å². The summed E-state index contributed by atoms with van der Waals surface area (Å²) in [6.45, 7) is 11.4. The Bertz CT molecular complexity index is 1000. The van der Waals surface area contributed by atoms with Gasteiger partial charge in [-0.2, -0.15) is 4.31 Å². The number of carbonyl (C=O) groups excluding carboxylic acids is 1. The van der Waals surface area contributed by atoms with Crippen LogP contribution in [0.1, 0.15) is 45.3 Å². The normalized spacial score (nSPS) is 15.9. The molecule has 1 aromatic heterocycles. The van der Waals surface area contributed by atoms with Crippen molar-refractivity contribution in [2.24, 2.45) is 5.92 Å². The maximum Gasteiger partial charge on any atom is 0.265 e. The van der Waals surface area contributed by atoms with Crippen LogP contribution in [-0.4, -0.2) is 54.7 Å². The third-order valence-corrected chi connectivity index (χ3v) is 8.32. The number of carbonyl (C=O) groups is 1. The van der Waals surface area contributed by atoms with Gasteiger partial charge in [-0.05, 0) is 49.9 Å². The highest BCUT2D eigenvalue weighted by atomic mass is 32.2. The lowest BCUT2D eigenvalue weighted by Crippen LogP contribution is -2.50. The Balaban J connectivity index is 1.69. The minimum Gasteiger partial charge on any atom is -0.335 e. The predicted molar refractivity (Wildman–Crippen MR) is 116 cm³/mol. The van der Waals surface area contributed by atoms with Crippen molar-refractivity contribution in [2.45, 2.75) is 45.9 Å². The van der Waals surface area contributed by atoms with Crippen molar-refractivity contribution in [3.8, 4) is 0 Å². The van der Waals surface area contributed by atoms with Gasteiger partial charge < -0.3 is 4.90 Å². The zero-order chi connectivity index (χ0) is 21.3. The number of amides is 1. The monoisotopic (exact) mass is 435 g/mol. The van der Waals surface area contributed by atoms with Gasteiger partial charge in [0.2, 0.25) is 10.0 Å². The van der Waals surface area contributed by atoms with E-state index in [4.69, 9.17) is 0 Å². The average Bonchev–Trinajstić information content (AvgIpc) is 3.02. The van der Waals surface area contributed by atoms with Gasteiger partial charge >= 0.3 is 0 Å². The van der Waals surface area contributed by atoms with Gasteiger partial charge in [0.05, 0.1) is 15.6 Å². The summed E-state index contributed by atoms with van der Waals surface area (Å²) in [5.41, 5.74) is 2.79. The number of hydrogen-bond donors (Lipinski definition) is 0. The van der Waals surface area contributed by atoms with Crippen molar-refractivity contribution in [3.63, 3.8) is 0 Å². The van der Waals surface area contributed by atoms with Crippen molar-refractivity contribution in [2.75, 3.05) is 26.2 Å². The number of piperazine rings is 1. The SMILES string of the molecule is Cc1ccc(S(=O)(=O)N2CCN(C(=O)c3sc(CC(C)C)nc3C)CC2)cc1C. The first-order valence-corrected chi connectivity index (χ1v) is 12.2. The molecule has 3 rings (SSSR count). The lowest BCUT2D eigenvalue weighted by atomic mass is 10.1. The number of aryl methyl sites for hydroxylation is 3. The fourth-order valence-electron chi connectivity index (χ4n) is 3.39. The molecule has 29 heavy (non-hydrogen) atoms. The van der Waals surface area contributed by atoms with Gasteiger partial charge in [-0.25, -0.2) is 13.4 Å². The lowest BCUT2D eigenvalue weighted by Gasteiger charge is -2.34. The molecule has 158 valence electrons. The van der Waals surface area contributed by atoms with Gasteiger partial charge in [0, 0.05) is 32.6 Å². The fourth-order valence-corrected chi connectivity index (χ4v) is 6.14. The van der Waals surface area contributed by atoms with Gasteiger partial charge in [-0.1, -0.05) is 19.9 Å². The Kier molecular flexibility index (Phi) is 6.45. The number of rotatable bonds is 5. The summed E-state index contributed by atoms with van der Waals surface area (Å²) in [6, 6.07) is 5.22. The zero-order valence-electron chi connectivity index (χ0n) is 17.7. The molecule has 1 amide bonds. The summed E-state index contributed by atoms with van der Waals surface area (Å²) >= 11 is 1.46. The van der Waals surface area contributed by atoms with Crippen LogP contribution >= 0.6 is 11.3 Å². The molecule has 0 N–H and O–H groups in total. The van der Waals surface area contributed by atoms with E-state index in [1.165, 1.54) is 15.6 Å². The number of sulfonamides is 1. The second-order valence-corrected chi connectivity index (χ2v) is 11.1. The fraction of sp³-hybridized carbons (Fsp3) is 0.524. The molecule has 0 spiro atoms. The van der Waals surface area contributed by atoms with Crippen LogP contribution in [0.25, 0.3) is 0 Å². The molecule has 8 heteroatoms. The smallest absolute Gasteiger partial charge is 0.265 e. The van der Waals surface area contributed by atoms with E-state index in [9.17, 15) is 13.2 Å². The third-order valence-electron chi connectivity index (χ3n) is 5.26. The number of aromatic nitrogens is 1. The van der Waals surface area contributed by atoms with Crippen LogP contribution in [0, 0.1) is 26.7 Å². The Morgan fingerprint density at radius 2 is 1.76 bits per heavy atom. The summed E-state index contributed by atoms with van der Waals surface area (Å²) in [4.78, 5) is 20.2. The van der Waals surface area contributed by atoms with E-state index >= 15 is 0 Å². The highest BCUT2D eigenvalue weighted by molar-refractivity contribution is 7.89. The molecule has 1 saturated heterocycles. The Morgan fingerprint density at radius 3 is 2.34 bits per heavy atom. The quantitative estimate of drug-likeness (QED) is 0.722. The minimum atomic E-state index is -3.55. The Labute approximate surface area is 177 Å². The molecule has 0 saturated carbocycles. The van der Waals surface area contributed by atoms with E-state index in [1.807, 2.05) is 26.8 Å². The number of hydrogen-bond acceptors (Lipinski definition) is 5. The Hall–Kier alpha value is -1.77. The van der Waals surface area contributed by atoms with Gasteiger partial charge in [-0.15, -0.1) is 11.3 Å². The summed E-state index contributed by atoms with van der Waals surface area (Å²) in [5.74, 6) is 0.445. The van der Waals surface area contributed by atoms with Crippen molar-refractivity contribution >= 4 is 27.3 Å². The summed E-state index contributed by atoms with van der Waals surface area (Å²) in [6.07, 6.45) is 0.862. The van der Waals surface area contributed by atoms with Gasteiger partial charge in [0.25, 0.3) is 5.91 Å². The van der Waals surface area contributed by atoms with Crippen LogP contribution in [-0.2, 0) is 16.4 Å². The lowest BCUT2D eigenvalue weighted by molar-refractivity contribution is 0.0702. The highest BCUT2D eigenvalue weighted by Gasteiger charge is 2.31. The molecular weight excluding hydrogens is 406 g/mol. The predicted octanol–water partition coefficient (Wildman–Crippen LogP) is 3.41. The van der Waals surface area contributed by atoms with Crippen LogP contribution in [0.2, 0.25) is 0 Å². The zero-order valence-corrected chi connectivity index (χ0v) is 19.4. The van der Waals surface area contributed by atoms with Crippen molar-refractivity contribution in [1.82, 2.24) is 14.2 Å². The van der Waals surface area contributed by atoms with E-state index in [2.05, 4.69) is 18.8 Å². The van der Waals surface area contributed by atoms with Crippen LogP contribution in [0.15, 0.2) is 23.1 Å². The van der Waals surface area contributed by atoms with Crippen molar-refractivity contribution < 1.29 is 13.2 Å². The number of thiazole rings is 1. The van der Waals surface area contributed by atoms with Crippen molar-refractivity contribution in [1.29, 1.82) is 0 Å². The number of nitrogens with zero attached hydrogens (tertiary/aromatic N) is 3. The Morgan fingerprint density at radius 1 is 1.10 bits per heavy atom. The minimum absolute atomic E-state index is 0.0433. The van der Waals surface area contributed by atoms with E-state index in [0.717, 1.165) is 28.2 Å². The number of benzene rings is 1.